The van der Waals surface area contributed by atoms with Crippen LogP contribution in [0.1, 0.15) is 12.0 Å². The molecule has 0 saturated carbocycles. The van der Waals surface area contributed by atoms with Crippen LogP contribution < -0.4 is 9.47 Å². The lowest BCUT2D eigenvalue weighted by atomic mass is 10.2. The van der Waals surface area contributed by atoms with Gasteiger partial charge in [-0.3, -0.25) is 0 Å². The molecule has 1 aliphatic rings. The zero-order chi connectivity index (χ0) is 19.4. The summed E-state index contributed by atoms with van der Waals surface area (Å²) in [5, 5.41) is 0.215. The van der Waals surface area contributed by atoms with Crippen molar-refractivity contribution in [1.29, 1.82) is 0 Å². The number of alkyl halides is 3. The van der Waals surface area contributed by atoms with E-state index in [0.717, 1.165) is 12.1 Å². The number of rotatable bonds is 6. The predicted molar refractivity (Wildman–Crippen MR) is 90.9 cm³/mol. The fraction of sp³-hybridized carbons (Fsp3) is 0.278. The van der Waals surface area contributed by atoms with E-state index in [4.69, 9.17) is 21.1 Å². The third-order valence-electron chi connectivity index (χ3n) is 3.67. The molecule has 0 spiro atoms. The lowest BCUT2D eigenvalue weighted by molar-refractivity contribution is -0.274. The molecule has 0 fully saturated rings. The zero-order valence-electron chi connectivity index (χ0n) is 13.8. The normalized spacial score (nSPS) is 16.6. The summed E-state index contributed by atoms with van der Waals surface area (Å²) in [6.45, 7) is 0.525. The Morgan fingerprint density at radius 3 is 2.48 bits per heavy atom. The Balaban J connectivity index is 1.52. The van der Waals surface area contributed by atoms with Crippen LogP contribution in [0.4, 0.5) is 17.6 Å². The molecule has 0 saturated heterocycles. The Bertz CT molecular complexity index is 804. The summed E-state index contributed by atoms with van der Waals surface area (Å²) in [5.74, 6) is -0.295. The molecule has 3 rings (SSSR count). The van der Waals surface area contributed by atoms with Crippen LogP contribution in [0.25, 0.3) is 0 Å². The number of benzene rings is 2. The Hall–Kier alpha value is -2.48. The minimum Gasteiger partial charge on any atom is -0.494 e. The fourth-order valence-electron chi connectivity index (χ4n) is 2.45. The first-order chi connectivity index (χ1) is 12.8. The SMILES string of the molecule is Fc1cccc(Cl)c1C1=NC(CCOc2ccc(OC(F)(F)F)cc2)CO1. The van der Waals surface area contributed by atoms with Crippen LogP contribution in [0, 0.1) is 5.82 Å². The highest BCUT2D eigenvalue weighted by Crippen LogP contribution is 2.26. The van der Waals surface area contributed by atoms with E-state index in [2.05, 4.69) is 9.73 Å². The van der Waals surface area contributed by atoms with Crippen molar-refractivity contribution < 1.29 is 31.8 Å². The van der Waals surface area contributed by atoms with E-state index in [1.807, 2.05) is 0 Å². The van der Waals surface area contributed by atoms with E-state index >= 15 is 0 Å². The molecule has 1 unspecified atom stereocenters. The zero-order valence-corrected chi connectivity index (χ0v) is 14.6. The van der Waals surface area contributed by atoms with Gasteiger partial charge in [0, 0.05) is 6.42 Å². The van der Waals surface area contributed by atoms with E-state index in [1.165, 1.54) is 24.3 Å². The van der Waals surface area contributed by atoms with Crippen LogP contribution in [0.15, 0.2) is 47.5 Å². The molecule has 2 aromatic rings. The van der Waals surface area contributed by atoms with Crippen molar-refractivity contribution in [2.24, 2.45) is 4.99 Å². The number of hydrogen-bond donors (Lipinski definition) is 0. The van der Waals surface area contributed by atoms with Crippen LogP contribution in [-0.2, 0) is 4.74 Å². The van der Waals surface area contributed by atoms with Crippen LogP contribution in [-0.4, -0.2) is 31.5 Å². The monoisotopic (exact) mass is 403 g/mol. The van der Waals surface area contributed by atoms with Gasteiger partial charge in [-0.15, -0.1) is 13.2 Å². The molecule has 1 atom stereocenters. The van der Waals surface area contributed by atoms with E-state index in [0.29, 0.717) is 12.2 Å². The maximum atomic E-state index is 13.9. The summed E-state index contributed by atoms with van der Waals surface area (Å²) >= 11 is 5.99. The van der Waals surface area contributed by atoms with Gasteiger partial charge < -0.3 is 14.2 Å². The third kappa shape index (κ3) is 5.26. The van der Waals surface area contributed by atoms with Gasteiger partial charge in [-0.1, -0.05) is 17.7 Å². The molecule has 0 amide bonds. The van der Waals surface area contributed by atoms with E-state index < -0.39 is 12.2 Å². The van der Waals surface area contributed by atoms with Gasteiger partial charge in [-0.25, -0.2) is 9.38 Å². The van der Waals surface area contributed by atoms with Gasteiger partial charge in [0.15, 0.2) is 0 Å². The lowest BCUT2D eigenvalue weighted by Gasteiger charge is -2.10. The molecule has 0 N–H and O–H groups in total. The Kier molecular flexibility index (Phi) is 5.74. The first-order valence-electron chi connectivity index (χ1n) is 7.95. The summed E-state index contributed by atoms with van der Waals surface area (Å²) in [7, 11) is 0. The van der Waals surface area contributed by atoms with Gasteiger partial charge in [0.25, 0.3) is 0 Å². The highest BCUT2D eigenvalue weighted by atomic mass is 35.5. The van der Waals surface area contributed by atoms with E-state index in [-0.39, 0.29) is 41.5 Å². The summed E-state index contributed by atoms with van der Waals surface area (Å²) in [6, 6.07) is 9.16. The Morgan fingerprint density at radius 2 is 1.81 bits per heavy atom. The number of halogens is 5. The standard InChI is InChI=1S/C18H14ClF4NO3/c19-14-2-1-3-15(20)16(14)17-24-11(10-26-17)8-9-25-12-4-6-13(7-5-12)27-18(21,22)23/h1-7,11H,8-10H2. The second-order valence-electron chi connectivity index (χ2n) is 5.65. The maximum absolute atomic E-state index is 13.9. The van der Waals surface area contributed by atoms with Crippen molar-refractivity contribution in [2.45, 2.75) is 18.8 Å². The minimum absolute atomic E-state index is 0.128. The number of hydrogen-bond acceptors (Lipinski definition) is 4. The third-order valence-corrected chi connectivity index (χ3v) is 3.98. The first kappa shape index (κ1) is 19.3. The Morgan fingerprint density at radius 1 is 1.11 bits per heavy atom. The second-order valence-corrected chi connectivity index (χ2v) is 6.06. The largest absolute Gasteiger partial charge is 0.573 e. The predicted octanol–water partition coefficient (Wildman–Crippen LogP) is 4.99. The summed E-state index contributed by atoms with van der Waals surface area (Å²) in [6.07, 6.45) is -4.25. The van der Waals surface area contributed by atoms with Crippen molar-refractivity contribution in [3.8, 4) is 11.5 Å². The molecule has 144 valence electrons. The second kappa shape index (κ2) is 8.04. The molecule has 0 aliphatic carbocycles. The quantitative estimate of drug-likeness (QED) is 0.638. The minimum atomic E-state index is -4.73. The molecule has 9 heteroatoms. The van der Waals surface area contributed by atoms with Crippen molar-refractivity contribution in [1.82, 2.24) is 0 Å². The van der Waals surface area contributed by atoms with Gasteiger partial charge in [0.1, 0.15) is 23.9 Å². The first-order valence-corrected chi connectivity index (χ1v) is 8.33. The Labute approximate surface area is 157 Å². The fourth-order valence-corrected chi connectivity index (χ4v) is 2.70. The number of ether oxygens (including phenoxy) is 3. The van der Waals surface area contributed by atoms with Gasteiger partial charge in [-0.2, -0.15) is 0 Å². The summed E-state index contributed by atoms with van der Waals surface area (Å²) in [5.41, 5.74) is 0.128. The van der Waals surface area contributed by atoms with Gasteiger partial charge in [-0.05, 0) is 36.4 Å². The molecule has 2 aromatic carbocycles. The number of aliphatic imine (C=N–C) groups is 1. The number of nitrogens with zero attached hydrogens (tertiary/aromatic N) is 1. The maximum Gasteiger partial charge on any atom is 0.573 e. The summed E-state index contributed by atoms with van der Waals surface area (Å²) < 4.78 is 64.9. The summed E-state index contributed by atoms with van der Waals surface area (Å²) in [4.78, 5) is 4.31. The molecule has 27 heavy (non-hydrogen) atoms. The van der Waals surface area contributed by atoms with Crippen molar-refractivity contribution in [3.05, 3.63) is 58.9 Å². The van der Waals surface area contributed by atoms with Crippen LogP contribution >= 0.6 is 11.6 Å². The van der Waals surface area contributed by atoms with E-state index in [1.54, 1.807) is 6.07 Å². The smallest absolute Gasteiger partial charge is 0.494 e. The molecular formula is C18H14ClF4NO3. The van der Waals surface area contributed by atoms with Crippen molar-refractivity contribution in [3.63, 3.8) is 0 Å². The molecule has 1 aliphatic heterocycles. The van der Waals surface area contributed by atoms with Crippen LogP contribution in [0.2, 0.25) is 5.02 Å². The molecular weight excluding hydrogens is 390 g/mol. The molecule has 0 aromatic heterocycles. The average molecular weight is 404 g/mol. The molecule has 4 nitrogen and oxygen atoms in total. The van der Waals surface area contributed by atoms with Crippen molar-refractivity contribution >= 4 is 17.5 Å². The molecule has 0 radical (unpaired) electrons. The highest BCUT2D eigenvalue weighted by molar-refractivity contribution is 6.33. The van der Waals surface area contributed by atoms with Crippen LogP contribution in [0.5, 0.6) is 11.5 Å². The molecule has 1 heterocycles. The van der Waals surface area contributed by atoms with Gasteiger partial charge >= 0.3 is 6.36 Å². The van der Waals surface area contributed by atoms with E-state index in [9.17, 15) is 17.6 Å². The molecule has 0 bridgehead atoms. The highest BCUT2D eigenvalue weighted by Gasteiger charge is 2.31. The average Bonchev–Trinajstić information content (AvgIpc) is 3.03. The topological polar surface area (TPSA) is 40.0 Å². The van der Waals surface area contributed by atoms with Crippen LogP contribution in [0.3, 0.4) is 0 Å². The lowest BCUT2D eigenvalue weighted by Crippen LogP contribution is -2.17. The van der Waals surface area contributed by atoms with Gasteiger partial charge in [0.05, 0.1) is 23.2 Å². The van der Waals surface area contributed by atoms with Gasteiger partial charge in [0.2, 0.25) is 5.90 Å². The van der Waals surface area contributed by atoms with Crippen molar-refractivity contribution in [2.75, 3.05) is 13.2 Å².